The monoisotopic (exact) mass is 416 g/mol. The number of aromatic amines is 1. The highest BCUT2D eigenvalue weighted by Gasteiger charge is 2.13. The number of rotatable bonds is 4. The summed E-state index contributed by atoms with van der Waals surface area (Å²) in [6.07, 6.45) is 8.13. The molecule has 0 spiro atoms. The molecule has 148 valence electrons. The van der Waals surface area contributed by atoms with E-state index in [1.54, 1.807) is 24.8 Å². The number of pyridine rings is 3. The largest absolute Gasteiger partial charge is 0.266 e. The molecule has 8 nitrogen and oxygen atoms in total. The molecule has 0 aliphatic carbocycles. The minimum Gasteiger partial charge on any atom is -0.266 e. The van der Waals surface area contributed by atoms with Crippen LogP contribution in [0.1, 0.15) is 0 Å². The smallest absolute Gasteiger partial charge is 0.231 e. The number of aromatic nitrogens is 5. The van der Waals surface area contributed by atoms with Crippen molar-refractivity contribution in [3.63, 3.8) is 0 Å². The van der Waals surface area contributed by atoms with Gasteiger partial charge in [0.15, 0.2) is 11.5 Å². The maximum absolute atomic E-state index is 11.6. The lowest BCUT2D eigenvalue weighted by Crippen LogP contribution is -2.10. The summed E-state index contributed by atoms with van der Waals surface area (Å²) in [4.78, 5) is 13.0. The zero-order valence-corrected chi connectivity index (χ0v) is 16.7. The number of benzene rings is 1. The lowest BCUT2D eigenvalue weighted by molar-refractivity contribution is 0.606. The van der Waals surface area contributed by atoms with Gasteiger partial charge in [-0.2, -0.15) is 5.10 Å². The Labute approximate surface area is 172 Å². The van der Waals surface area contributed by atoms with Crippen molar-refractivity contribution in [1.29, 1.82) is 0 Å². The first-order chi connectivity index (χ1) is 14.5. The molecule has 0 aliphatic rings. The number of nitrogens with zero attached hydrogens (tertiary/aromatic N) is 4. The number of nitrogens with one attached hydrogen (secondary N) is 2. The number of anilines is 1. The second kappa shape index (κ2) is 6.89. The Hall–Kier alpha value is -3.85. The second-order valence-electron chi connectivity index (χ2n) is 6.89. The number of fused-ring (bicyclic) bond motifs is 2. The molecule has 4 heterocycles. The molecule has 0 bridgehead atoms. The summed E-state index contributed by atoms with van der Waals surface area (Å²) in [5.41, 5.74) is 5.27. The van der Waals surface area contributed by atoms with Crippen LogP contribution in [0.2, 0.25) is 0 Å². The van der Waals surface area contributed by atoms with E-state index in [9.17, 15) is 8.42 Å². The van der Waals surface area contributed by atoms with Gasteiger partial charge in [0, 0.05) is 35.7 Å². The normalized spacial score (nSPS) is 11.8. The van der Waals surface area contributed by atoms with Gasteiger partial charge in [-0.15, -0.1) is 0 Å². The van der Waals surface area contributed by atoms with Gasteiger partial charge in [0.2, 0.25) is 10.0 Å². The zero-order valence-electron chi connectivity index (χ0n) is 15.9. The van der Waals surface area contributed by atoms with Gasteiger partial charge in [0.05, 0.1) is 17.2 Å². The second-order valence-corrected chi connectivity index (χ2v) is 8.64. The van der Waals surface area contributed by atoms with E-state index in [-0.39, 0.29) is 5.82 Å². The van der Waals surface area contributed by atoms with Crippen LogP contribution in [0.5, 0.6) is 0 Å². The lowest BCUT2D eigenvalue weighted by Gasteiger charge is -2.09. The van der Waals surface area contributed by atoms with Gasteiger partial charge in [0.25, 0.3) is 0 Å². The summed E-state index contributed by atoms with van der Waals surface area (Å²) in [7, 11) is -3.45. The Morgan fingerprint density at radius 1 is 0.867 bits per heavy atom. The van der Waals surface area contributed by atoms with E-state index >= 15 is 0 Å². The molecule has 0 amide bonds. The van der Waals surface area contributed by atoms with E-state index in [4.69, 9.17) is 0 Å². The highest BCUT2D eigenvalue weighted by Crippen LogP contribution is 2.32. The summed E-state index contributed by atoms with van der Waals surface area (Å²) in [6, 6.07) is 13.8. The molecule has 5 aromatic rings. The van der Waals surface area contributed by atoms with E-state index in [1.807, 2.05) is 36.4 Å². The maximum Gasteiger partial charge on any atom is 0.231 e. The topological polar surface area (TPSA) is 114 Å². The Bertz CT molecular complexity index is 1500. The summed E-state index contributed by atoms with van der Waals surface area (Å²) < 4.78 is 25.7. The molecule has 0 radical (unpaired) electrons. The van der Waals surface area contributed by atoms with Gasteiger partial charge in [-0.05, 0) is 53.1 Å². The van der Waals surface area contributed by atoms with Gasteiger partial charge >= 0.3 is 0 Å². The van der Waals surface area contributed by atoms with Crippen LogP contribution in [0, 0.1) is 0 Å². The Kier molecular flexibility index (Phi) is 4.18. The van der Waals surface area contributed by atoms with E-state index < -0.39 is 10.0 Å². The Morgan fingerprint density at radius 2 is 1.67 bits per heavy atom. The van der Waals surface area contributed by atoms with Crippen LogP contribution in [0.25, 0.3) is 44.2 Å². The van der Waals surface area contributed by atoms with Gasteiger partial charge in [-0.25, -0.2) is 13.4 Å². The van der Waals surface area contributed by atoms with Crippen LogP contribution in [0.3, 0.4) is 0 Å². The average Bonchev–Trinajstić information content (AvgIpc) is 3.14. The summed E-state index contributed by atoms with van der Waals surface area (Å²) >= 11 is 0. The molecular formula is C21H16N6O2S. The van der Waals surface area contributed by atoms with Crippen LogP contribution < -0.4 is 4.72 Å². The standard InChI is InChI=1S/C21H16N6O2S/c1-30(28,29)27-21-18-11-15(12-24-20(18)25-26-21)14-2-3-19-17(10-14)16(6-9-23-19)13-4-7-22-8-5-13/h2-12H,1H3,(H2,24,25,26,27). The van der Waals surface area contributed by atoms with Gasteiger partial charge in [-0.1, -0.05) is 6.07 Å². The highest BCUT2D eigenvalue weighted by atomic mass is 32.2. The Balaban J connectivity index is 1.66. The molecule has 0 atom stereocenters. The van der Waals surface area contributed by atoms with Crippen molar-refractivity contribution in [2.45, 2.75) is 0 Å². The van der Waals surface area contributed by atoms with Crippen molar-refractivity contribution < 1.29 is 8.42 Å². The van der Waals surface area contributed by atoms with Crippen molar-refractivity contribution in [3.05, 3.63) is 67.3 Å². The van der Waals surface area contributed by atoms with Gasteiger partial charge in [0.1, 0.15) is 0 Å². The SMILES string of the molecule is CS(=O)(=O)Nc1n[nH]c2ncc(-c3ccc4nccc(-c5ccncc5)c4c3)cc12. The molecule has 1 aromatic carbocycles. The molecule has 2 N–H and O–H groups in total. The van der Waals surface area contributed by atoms with Crippen LogP contribution in [-0.2, 0) is 10.0 Å². The molecule has 0 saturated carbocycles. The highest BCUT2D eigenvalue weighted by molar-refractivity contribution is 7.92. The fraction of sp³-hybridized carbons (Fsp3) is 0.0476. The number of hydrogen-bond donors (Lipinski definition) is 2. The van der Waals surface area contributed by atoms with Crippen LogP contribution >= 0.6 is 0 Å². The molecule has 0 aliphatic heterocycles. The maximum atomic E-state index is 11.6. The van der Waals surface area contributed by atoms with Crippen molar-refractivity contribution >= 4 is 37.8 Å². The molecular weight excluding hydrogens is 400 g/mol. The van der Waals surface area contributed by atoms with E-state index in [0.717, 1.165) is 39.4 Å². The van der Waals surface area contributed by atoms with Crippen LogP contribution in [0.4, 0.5) is 5.82 Å². The zero-order chi connectivity index (χ0) is 20.7. The number of sulfonamides is 1. The molecule has 4 aromatic heterocycles. The van der Waals surface area contributed by atoms with Gasteiger partial charge < -0.3 is 0 Å². The third-order valence-electron chi connectivity index (χ3n) is 4.76. The Morgan fingerprint density at radius 3 is 2.47 bits per heavy atom. The fourth-order valence-electron chi connectivity index (χ4n) is 3.42. The minimum absolute atomic E-state index is 0.224. The summed E-state index contributed by atoms with van der Waals surface area (Å²) in [5.74, 6) is 0.224. The molecule has 0 unspecified atom stereocenters. The lowest BCUT2D eigenvalue weighted by atomic mass is 9.98. The average molecular weight is 416 g/mol. The van der Waals surface area contributed by atoms with Crippen molar-refractivity contribution in [2.75, 3.05) is 11.0 Å². The van der Waals surface area contributed by atoms with Crippen LogP contribution in [-0.4, -0.2) is 39.8 Å². The van der Waals surface area contributed by atoms with E-state index in [1.165, 1.54) is 0 Å². The van der Waals surface area contributed by atoms with Crippen LogP contribution in [0.15, 0.2) is 67.3 Å². The number of H-pyrrole nitrogens is 1. The molecule has 0 saturated heterocycles. The first-order valence-corrected chi connectivity index (χ1v) is 11.0. The van der Waals surface area contributed by atoms with Crippen molar-refractivity contribution in [2.24, 2.45) is 0 Å². The first kappa shape index (κ1) is 18.2. The number of hydrogen-bond acceptors (Lipinski definition) is 6. The van der Waals surface area contributed by atoms with Crippen molar-refractivity contribution in [1.82, 2.24) is 25.1 Å². The predicted molar refractivity (Wildman–Crippen MR) is 116 cm³/mol. The fourth-order valence-corrected chi connectivity index (χ4v) is 3.93. The molecule has 0 fully saturated rings. The first-order valence-electron chi connectivity index (χ1n) is 9.09. The minimum atomic E-state index is -3.45. The van der Waals surface area contributed by atoms with Crippen molar-refractivity contribution in [3.8, 4) is 22.3 Å². The third kappa shape index (κ3) is 3.35. The quantitative estimate of drug-likeness (QED) is 0.463. The summed E-state index contributed by atoms with van der Waals surface area (Å²) in [6.45, 7) is 0. The third-order valence-corrected chi connectivity index (χ3v) is 5.33. The summed E-state index contributed by atoms with van der Waals surface area (Å²) in [5, 5.41) is 8.37. The van der Waals surface area contributed by atoms with E-state index in [0.29, 0.717) is 11.0 Å². The molecule has 9 heteroatoms. The van der Waals surface area contributed by atoms with E-state index in [2.05, 4.69) is 35.9 Å². The molecule has 5 rings (SSSR count). The predicted octanol–water partition coefficient (Wildman–Crippen LogP) is 3.61. The molecule has 30 heavy (non-hydrogen) atoms. The van der Waals surface area contributed by atoms with Gasteiger partial charge in [-0.3, -0.25) is 19.8 Å².